The molecule has 1 atom stereocenters. The van der Waals surface area contributed by atoms with E-state index in [1.54, 1.807) is 14.2 Å². The highest BCUT2D eigenvalue weighted by Gasteiger charge is 2.22. The van der Waals surface area contributed by atoms with Gasteiger partial charge in [0.05, 0.1) is 14.2 Å². The highest BCUT2D eigenvalue weighted by molar-refractivity contribution is 5.43. The van der Waals surface area contributed by atoms with Gasteiger partial charge in [-0.3, -0.25) is 0 Å². The second-order valence-corrected chi connectivity index (χ2v) is 4.74. The molecule has 2 rings (SSSR count). The second kappa shape index (κ2) is 5.41. The van der Waals surface area contributed by atoms with Crippen LogP contribution < -0.4 is 14.8 Å². The summed E-state index contributed by atoms with van der Waals surface area (Å²) in [6.45, 7) is 2.23. The summed E-state index contributed by atoms with van der Waals surface area (Å²) in [4.78, 5) is 0. The molecule has 3 heteroatoms. The van der Waals surface area contributed by atoms with Crippen LogP contribution in [0.1, 0.15) is 25.3 Å². The number of hydrogen-bond donors (Lipinski definition) is 1. The van der Waals surface area contributed by atoms with Gasteiger partial charge in [-0.25, -0.2) is 0 Å². The fraction of sp³-hybridized carbons (Fsp3) is 0.571. The Labute approximate surface area is 103 Å². The highest BCUT2D eigenvalue weighted by atomic mass is 16.5. The van der Waals surface area contributed by atoms with Gasteiger partial charge in [-0.2, -0.15) is 0 Å². The number of ether oxygens (including phenoxy) is 2. The summed E-state index contributed by atoms with van der Waals surface area (Å²) in [6, 6.07) is 7.40. The molecule has 1 aromatic carbocycles. The monoisotopic (exact) mass is 235 g/mol. The van der Waals surface area contributed by atoms with Gasteiger partial charge in [0, 0.05) is 12.1 Å². The molecule has 1 saturated carbocycles. The number of benzene rings is 1. The predicted octanol–water partition coefficient (Wildman–Crippen LogP) is 2.39. The van der Waals surface area contributed by atoms with Crippen LogP contribution in [0.3, 0.4) is 0 Å². The van der Waals surface area contributed by atoms with E-state index in [2.05, 4.69) is 24.4 Å². The van der Waals surface area contributed by atoms with Crippen LogP contribution >= 0.6 is 0 Å². The minimum atomic E-state index is 0.514. The molecule has 0 bridgehead atoms. The first kappa shape index (κ1) is 12.2. The van der Waals surface area contributed by atoms with Gasteiger partial charge in [-0.1, -0.05) is 6.07 Å². The maximum atomic E-state index is 5.31. The molecule has 17 heavy (non-hydrogen) atoms. The summed E-state index contributed by atoms with van der Waals surface area (Å²) in [6.07, 6.45) is 3.68. The van der Waals surface area contributed by atoms with E-state index in [1.165, 1.54) is 18.4 Å². The third-order valence-electron chi connectivity index (χ3n) is 3.09. The molecule has 1 aliphatic rings. The van der Waals surface area contributed by atoms with Crippen molar-refractivity contribution >= 4 is 0 Å². The van der Waals surface area contributed by atoms with Gasteiger partial charge >= 0.3 is 0 Å². The topological polar surface area (TPSA) is 30.5 Å². The number of methoxy groups -OCH3 is 2. The lowest BCUT2D eigenvalue weighted by Gasteiger charge is -2.14. The van der Waals surface area contributed by atoms with Crippen molar-refractivity contribution in [1.82, 2.24) is 5.32 Å². The van der Waals surface area contributed by atoms with E-state index in [0.717, 1.165) is 24.0 Å². The van der Waals surface area contributed by atoms with Crippen LogP contribution in [0.25, 0.3) is 0 Å². The first-order valence-electron chi connectivity index (χ1n) is 6.20. The quantitative estimate of drug-likeness (QED) is 0.821. The molecule has 1 N–H and O–H groups in total. The molecular weight excluding hydrogens is 214 g/mol. The molecule has 0 aliphatic heterocycles. The van der Waals surface area contributed by atoms with Crippen molar-refractivity contribution < 1.29 is 9.47 Å². The van der Waals surface area contributed by atoms with Gasteiger partial charge in [0.25, 0.3) is 0 Å². The Kier molecular flexibility index (Phi) is 3.89. The van der Waals surface area contributed by atoms with Gasteiger partial charge in [0.15, 0.2) is 11.5 Å². The zero-order chi connectivity index (χ0) is 12.3. The minimum absolute atomic E-state index is 0.514. The van der Waals surface area contributed by atoms with Gasteiger partial charge < -0.3 is 14.8 Å². The molecule has 0 aromatic heterocycles. The minimum Gasteiger partial charge on any atom is -0.493 e. The van der Waals surface area contributed by atoms with Crippen molar-refractivity contribution in [3.05, 3.63) is 23.8 Å². The first-order chi connectivity index (χ1) is 8.22. The smallest absolute Gasteiger partial charge is 0.160 e. The third-order valence-corrected chi connectivity index (χ3v) is 3.09. The summed E-state index contributed by atoms with van der Waals surface area (Å²) in [7, 11) is 3.34. The molecule has 0 amide bonds. The summed E-state index contributed by atoms with van der Waals surface area (Å²) in [5, 5.41) is 3.60. The maximum absolute atomic E-state index is 5.31. The summed E-state index contributed by atoms with van der Waals surface area (Å²) in [5.41, 5.74) is 1.28. The van der Waals surface area contributed by atoms with Crippen molar-refractivity contribution in [2.24, 2.45) is 0 Å². The fourth-order valence-electron chi connectivity index (χ4n) is 2.07. The lowest BCUT2D eigenvalue weighted by Crippen LogP contribution is -2.29. The standard InChI is InChI=1S/C14H21NO2/c1-10(15-12-5-6-12)8-11-4-7-13(16-2)14(9-11)17-3/h4,7,9-10,12,15H,5-6,8H2,1-3H3. The van der Waals surface area contributed by atoms with E-state index in [1.807, 2.05) is 6.07 Å². The van der Waals surface area contributed by atoms with E-state index >= 15 is 0 Å². The average Bonchev–Trinajstić information content (AvgIpc) is 3.12. The molecular formula is C14H21NO2. The van der Waals surface area contributed by atoms with E-state index in [9.17, 15) is 0 Å². The third kappa shape index (κ3) is 3.37. The highest BCUT2D eigenvalue weighted by Crippen LogP contribution is 2.28. The molecule has 1 fully saturated rings. The van der Waals surface area contributed by atoms with Crippen molar-refractivity contribution in [3.63, 3.8) is 0 Å². The van der Waals surface area contributed by atoms with Gasteiger partial charge in [0.2, 0.25) is 0 Å². The Balaban J connectivity index is 1.99. The molecule has 3 nitrogen and oxygen atoms in total. The van der Waals surface area contributed by atoms with Crippen LogP contribution in [0.15, 0.2) is 18.2 Å². The Hall–Kier alpha value is -1.22. The molecule has 0 heterocycles. The molecule has 94 valence electrons. The Bertz CT molecular complexity index is 374. The molecule has 0 spiro atoms. The summed E-state index contributed by atoms with van der Waals surface area (Å²) < 4.78 is 10.5. The van der Waals surface area contributed by atoms with Crippen LogP contribution in [0, 0.1) is 0 Å². The Morgan fingerprint density at radius 2 is 1.94 bits per heavy atom. The Morgan fingerprint density at radius 1 is 1.24 bits per heavy atom. The van der Waals surface area contributed by atoms with Crippen molar-refractivity contribution in [2.45, 2.75) is 38.3 Å². The lowest BCUT2D eigenvalue weighted by atomic mass is 10.1. The normalized spacial score (nSPS) is 16.6. The molecule has 0 radical (unpaired) electrons. The number of hydrogen-bond acceptors (Lipinski definition) is 3. The van der Waals surface area contributed by atoms with E-state index in [-0.39, 0.29) is 0 Å². The van der Waals surface area contributed by atoms with Crippen LogP contribution in [0.4, 0.5) is 0 Å². The van der Waals surface area contributed by atoms with E-state index in [0.29, 0.717) is 6.04 Å². The van der Waals surface area contributed by atoms with Crippen LogP contribution in [-0.2, 0) is 6.42 Å². The average molecular weight is 235 g/mol. The fourth-order valence-corrected chi connectivity index (χ4v) is 2.07. The second-order valence-electron chi connectivity index (χ2n) is 4.74. The first-order valence-corrected chi connectivity index (χ1v) is 6.20. The SMILES string of the molecule is COc1ccc(CC(C)NC2CC2)cc1OC. The van der Waals surface area contributed by atoms with Gasteiger partial charge in [-0.15, -0.1) is 0 Å². The van der Waals surface area contributed by atoms with Crippen molar-refractivity contribution in [1.29, 1.82) is 0 Å². The van der Waals surface area contributed by atoms with E-state index in [4.69, 9.17) is 9.47 Å². The van der Waals surface area contributed by atoms with Crippen LogP contribution in [0.5, 0.6) is 11.5 Å². The zero-order valence-electron chi connectivity index (χ0n) is 10.8. The summed E-state index contributed by atoms with van der Waals surface area (Å²) >= 11 is 0. The molecule has 1 aromatic rings. The van der Waals surface area contributed by atoms with Gasteiger partial charge in [-0.05, 0) is 43.9 Å². The summed E-state index contributed by atoms with van der Waals surface area (Å²) in [5.74, 6) is 1.60. The van der Waals surface area contributed by atoms with Crippen molar-refractivity contribution in [2.75, 3.05) is 14.2 Å². The predicted molar refractivity (Wildman–Crippen MR) is 68.9 cm³/mol. The van der Waals surface area contributed by atoms with Crippen LogP contribution in [-0.4, -0.2) is 26.3 Å². The number of rotatable bonds is 6. The lowest BCUT2D eigenvalue weighted by molar-refractivity contribution is 0.354. The molecule has 1 aliphatic carbocycles. The number of nitrogens with one attached hydrogen (secondary N) is 1. The maximum Gasteiger partial charge on any atom is 0.160 e. The zero-order valence-corrected chi connectivity index (χ0v) is 10.8. The van der Waals surface area contributed by atoms with Crippen LogP contribution in [0.2, 0.25) is 0 Å². The Morgan fingerprint density at radius 3 is 2.53 bits per heavy atom. The van der Waals surface area contributed by atoms with Crippen molar-refractivity contribution in [3.8, 4) is 11.5 Å². The largest absolute Gasteiger partial charge is 0.493 e. The molecule has 1 unspecified atom stereocenters. The molecule has 0 saturated heterocycles. The van der Waals surface area contributed by atoms with E-state index < -0.39 is 0 Å². The van der Waals surface area contributed by atoms with Gasteiger partial charge in [0.1, 0.15) is 0 Å².